The molecule has 1 aromatic heterocycles. The molecule has 1 N–H and O–H groups in total. The zero-order valence-electron chi connectivity index (χ0n) is 27.1. The third-order valence-electron chi connectivity index (χ3n) is 7.08. The van der Waals surface area contributed by atoms with E-state index in [0.717, 1.165) is 33.4 Å². The number of carbonyl (C=O) groups excluding carboxylic acids is 1. The molecular formula is C39H39N3O4. The van der Waals surface area contributed by atoms with Crippen molar-refractivity contribution >= 4 is 11.5 Å². The van der Waals surface area contributed by atoms with Crippen LogP contribution in [0.15, 0.2) is 115 Å². The largest absolute Gasteiger partial charge is 0.507 e. The van der Waals surface area contributed by atoms with Crippen LogP contribution in [0.5, 0.6) is 11.5 Å². The molecule has 0 saturated heterocycles. The Morgan fingerprint density at radius 2 is 1.28 bits per heavy atom. The Morgan fingerprint density at radius 3 is 1.83 bits per heavy atom. The van der Waals surface area contributed by atoms with E-state index in [1.54, 1.807) is 19.1 Å². The van der Waals surface area contributed by atoms with Crippen LogP contribution in [-0.4, -0.2) is 39.2 Å². The van der Waals surface area contributed by atoms with Crippen molar-refractivity contribution in [2.24, 2.45) is 0 Å². The number of allylic oxidation sites excluding steroid dienone is 4. The van der Waals surface area contributed by atoms with Gasteiger partial charge in [-0.2, -0.15) is 0 Å². The fraction of sp³-hybridized carbons (Fsp3) is 0.179. The number of phenols is 1. The molecule has 0 radical (unpaired) electrons. The number of hydrogen-bond donors (Lipinski definition) is 1. The van der Waals surface area contributed by atoms with Gasteiger partial charge >= 0.3 is 5.97 Å². The predicted octanol–water partition coefficient (Wildman–Crippen LogP) is 9.19. The van der Waals surface area contributed by atoms with Gasteiger partial charge in [0.1, 0.15) is 11.5 Å². The molecule has 1 atom stereocenters. The van der Waals surface area contributed by atoms with Crippen LogP contribution in [-0.2, 0) is 9.53 Å². The second kappa shape index (κ2) is 16.0. The van der Waals surface area contributed by atoms with Gasteiger partial charge in [0.15, 0.2) is 23.6 Å². The molecule has 0 saturated carbocycles. The molecule has 0 aliphatic heterocycles. The van der Waals surface area contributed by atoms with Gasteiger partial charge in [0.2, 0.25) is 0 Å². The topological polar surface area (TPSA) is 94.4 Å². The lowest BCUT2D eigenvalue weighted by atomic mass is 10.0. The van der Waals surface area contributed by atoms with Gasteiger partial charge in [-0.15, -0.1) is 0 Å². The van der Waals surface area contributed by atoms with Gasteiger partial charge in [-0.3, -0.25) is 0 Å². The number of aromatic hydroxyl groups is 1. The second-order valence-electron chi connectivity index (χ2n) is 10.0. The normalized spacial score (nSPS) is 11.8. The highest BCUT2D eigenvalue weighted by molar-refractivity contribution is 5.77. The molecule has 7 heteroatoms. The molecule has 5 aromatic rings. The zero-order valence-corrected chi connectivity index (χ0v) is 27.1. The fourth-order valence-electron chi connectivity index (χ4n) is 4.74. The molecule has 0 bridgehead atoms. The summed E-state index contributed by atoms with van der Waals surface area (Å²) < 4.78 is 10.4. The Labute approximate surface area is 271 Å². The summed E-state index contributed by atoms with van der Waals surface area (Å²) in [6, 6.07) is 31.0. The summed E-state index contributed by atoms with van der Waals surface area (Å²) in [5.41, 5.74) is 6.40. The number of esters is 1. The molecular weight excluding hydrogens is 574 g/mol. The lowest BCUT2D eigenvalue weighted by molar-refractivity contribution is -0.147. The summed E-state index contributed by atoms with van der Waals surface area (Å²) in [4.78, 5) is 26.2. The first kappa shape index (κ1) is 33.3. The van der Waals surface area contributed by atoms with Crippen molar-refractivity contribution < 1.29 is 19.4 Å². The smallest absolute Gasteiger partial charge is 0.346 e. The summed E-state index contributed by atoms with van der Waals surface area (Å²) >= 11 is 0. The lowest BCUT2D eigenvalue weighted by Gasteiger charge is -2.14. The Hall–Kier alpha value is -5.56. The molecule has 0 fully saturated rings. The van der Waals surface area contributed by atoms with Crippen molar-refractivity contribution in [2.75, 3.05) is 7.11 Å². The third-order valence-corrected chi connectivity index (χ3v) is 7.08. The average Bonchev–Trinajstić information content (AvgIpc) is 3.11. The van der Waals surface area contributed by atoms with E-state index in [1.807, 2.05) is 101 Å². The number of rotatable bonds is 9. The van der Waals surface area contributed by atoms with Crippen molar-refractivity contribution in [1.82, 2.24) is 15.0 Å². The minimum absolute atomic E-state index is 0.0958. The van der Waals surface area contributed by atoms with Crippen LogP contribution < -0.4 is 4.74 Å². The standard InChI is InChI=1S/C37H33N3O4.C2H6/c1-5-10-25(6-2)27-13-17-29(18-14-27)34-38-35(30-19-15-28(16-20-30)26-11-8-7-9-12-26)40-36(39-34)32-22-21-31(23-33(32)41)44-24(3)37(42)43-4;1-2/h5-24,41H,1-4H3;1-2H3/b10-5-,25-6+;. The van der Waals surface area contributed by atoms with E-state index in [2.05, 4.69) is 24.3 Å². The first-order valence-corrected chi connectivity index (χ1v) is 15.3. The van der Waals surface area contributed by atoms with Gasteiger partial charge in [-0.25, -0.2) is 19.7 Å². The Balaban J connectivity index is 0.00000235. The highest BCUT2D eigenvalue weighted by Crippen LogP contribution is 2.34. The van der Waals surface area contributed by atoms with E-state index in [1.165, 1.54) is 13.2 Å². The third kappa shape index (κ3) is 7.93. The molecule has 0 aliphatic carbocycles. The van der Waals surface area contributed by atoms with Crippen LogP contribution in [0.1, 0.15) is 40.2 Å². The van der Waals surface area contributed by atoms with Crippen molar-refractivity contribution in [1.29, 1.82) is 0 Å². The SMILES string of the molecule is C/C=C\C(=C/C)c1ccc(-c2nc(-c3ccc(-c4ccccc4)cc3)nc(-c3ccc(OC(C)C(=O)OC)cc3O)n2)cc1.CC. The van der Waals surface area contributed by atoms with Gasteiger partial charge in [0, 0.05) is 17.2 Å². The van der Waals surface area contributed by atoms with E-state index in [4.69, 9.17) is 24.4 Å². The second-order valence-corrected chi connectivity index (χ2v) is 10.0. The van der Waals surface area contributed by atoms with Gasteiger partial charge in [0.05, 0.1) is 12.7 Å². The number of aromatic nitrogens is 3. The maximum absolute atomic E-state index is 11.8. The maximum atomic E-state index is 11.8. The van der Waals surface area contributed by atoms with E-state index < -0.39 is 12.1 Å². The number of nitrogens with zero attached hydrogens (tertiary/aromatic N) is 3. The number of phenolic OH excluding ortho intramolecular Hbond substituents is 1. The molecule has 0 aliphatic rings. The Bertz CT molecular complexity index is 1810. The number of benzene rings is 4. The zero-order chi connectivity index (χ0) is 33.1. The maximum Gasteiger partial charge on any atom is 0.346 e. The highest BCUT2D eigenvalue weighted by atomic mass is 16.6. The van der Waals surface area contributed by atoms with Gasteiger partial charge in [0.25, 0.3) is 0 Å². The van der Waals surface area contributed by atoms with Crippen LogP contribution in [0.25, 0.3) is 50.9 Å². The predicted molar refractivity (Wildman–Crippen MR) is 185 cm³/mol. The highest BCUT2D eigenvalue weighted by Gasteiger charge is 2.18. The van der Waals surface area contributed by atoms with Crippen LogP contribution in [0.2, 0.25) is 0 Å². The van der Waals surface area contributed by atoms with Crippen molar-refractivity contribution in [3.63, 3.8) is 0 Å². The van der Waals surface area contributed by atoms with E-state index >= 15 is 0 Å². The summed E-state index contributed by atoms with van der Waals surface area (Å²) in [7, 11) is 1.29. The molecule has 46 heavy (non-hydrogen) atoms. The van der Waals surface area contributed by atoms with Crippen molar-refractivity contribution in [3.05, 3.63) is 121 Å². The molecule has 0 amide bonds. The van der Waals surface area contributed by atoms with Crippen LogP contribution in [0.4, 0.5) is 0 Å². The first-order valence-electron chi connectivity index (χ1n) is 15.3. The average molecular weight is 614 g/mol. The van der Waals surface area contributed by atoms with Crippen LogP contribution in [0, 0.1) is 0 Å². The summed E-state index contributed by atoms with van der Waals surface area (Å²) in [6.07, 6.45) is 5.30. The monoisotopic (exact) mass is 613 g/mol. The van der Waals surface area contributed by atoms with Gasteiger partial charge in [-0.05, 0) is 55.2 Å². The van der Waals surface area contributed by atoms with Crippen LogP contribution >= 0.6 is 0 Å². The molecule has 7 nitrogen and oxygen atoms in total. The van der Waals surface area contributed by atoms with Gasteiger partial charge < -0.3 is 14.6 Å². The number of ether oxygens (including phenoxy) is 2. The number of carbonyl (C=O) groups is 1. The van der Waals surface area contributed by atoms with Crippen molar-refractivity contribution in [3.8, 4) is 56.8 Å². The number of hydrogen-bond acceptors (Lipinski definition) is 7. The summed E-state index contributed by atoms with van der Waals surface area (Å²) in [5.74, 6) is 0.936. The lowest BCUT2D eigenvalue weighted by Crippen LogP contribution is -2.24. The quantitative estimate of drug-likeness (QED) is 0.131. The van der Waals surface area contributed by atoms with E-state index in [0.29, 0.717) is 28.8 Å². The Kier molecular flexibility index (Phi) is 11.6. The molecule has 1 unspecified atom stereocenters. The molecule has 5 rings (SSSR count). The Morgan fingerprint density at radius 1 is 0.739 bits per heavy atom. The summed E-state index contributed by atoms with van der Waals surface area (Å²) in [6.45, 7) is 9.58. The molecule has 1 heterocycles. The minimum atomic E-state index is -0.835. The summed E-state index contributed by atoms with van der Waals surface area (Å²) in [5, 5.41) is 11.0. The molecule has 4 aromatic carbocycles. The minimum Gasteiger partial charge on any atom is -0.507 e. The van der Waals surface area contributed by atoms with E-state index in [9.17, 15) is 9.90 Å². The molecule has 0 spiro atoms. The molecule has 234 valence electrons. The van der Waals surface area contributed by atoms with Crippen LogP contribution in [0.3, 0.4) is 0 Å². The van der Waals surface area contributed by atoms with E-state index in [-0.39, 0.29) is 5.75 Å². The van der Waals surface area contributed by atoms with Gasteiger partial charge in [-0.1, -0.05) is 111 Å². The fourth-order valence-corrected chi connectivity index (χ4v) is 4.74. The van der Waals surface area contributed by atoms with Crippen molar-refractivity contribution in [2.45, 2.75) is 40.7 Å². The number of methoxy groups -OCH3 is 1. The first-order chi connectivity index (χ1) is 22.4.